The molecule has 0 bridgehead atoms. The number of benzene rings is 1. The maximum absolute atomic E-state index is 11.0. The van der Waals surface area contributed by atoms with E-state index in [1.807, 2.05) is 0 Å². The van der Waals surface area contributed by atoms with Crippen molar-refractivity contribution in [2.24, 2.45) is 11.8 Å². The highest BCUT2D eigenvalue weighted by Gasteiger charge is 2.14. The minimum Gasteiger partial charge on any atom is -0.282 e. The molecule has 4 heteroatoms. The molecule has 19 heavy (non-hydrogen) atoms. The van der Waals surface area contributed by atoms with E-state index in [0.29, 0.717) is 17.8 Å². The Labute approximate surface area is 116 Å². The Morgan fingerprint density at radius 2 is 1.53 bits per heavy atom. The minimum absolute atomic E-state index is 0.0429. The molecule has 0 amide bonds. The van der Waals surface area contributed by atoms with Gasteiger partial charge in [-0.25, -0.2) is 0 Å². The Hall–Kier alpha value is -0.870. The van der Waals surface area contributed by atoms with Crippen molar-refractivity contribution in [2.45, 2.75) is 51.3 Å². The van der Waals surface area contributed by atoms with Crippen LogP contribution in [0.3, 0.4) is 0 Å². The van der Waals surface area contributed by atoms with Crippen LogP contribution in [0.15, 0.2) is 29.2 Å². The summed E-state index contributed by atoms with van der Waals surface area (Å²) >= 11 is 0. The van der Waals surface area contributed by atoms with E-state index in [0.717, 1.165) is 12.0 Å². The second kappa shape index (κ2) is 6.53. The molecule has 0 saturated carbocycles. The fourth-order valence-corrected chi connectivity index (χ4v) is 3.09. The van der Waals surface area contributed by atoms with Crippen LogP contribution < -0.4 is 0 Å². The molecule has 0 saturated heterocycles. The number of rotatable bonds is 6. The zero-order valence-electron chi connectivity index (χ0n) is 12.1. The van der Waals surface area contributed by atoms with E-state index in [9.17, 15) is 8.42 Å². The SMILES string of the molecule is CC(C)CC(C)CC(C)c1ccc(S(=O)(=O)O)cc1. The van der Waals surface area contributed by atoms with Gasteiger partial charge in [-0.2, -0.15) is 8.42 Å². The first kappa shape index (κ1) is 16.2. The first-order valence-electron chi connectivity index (χ1n) is 6.77. The Bertz CT molecular complexity index is 489. The smallest absolute Gasteiger partial charge is 0.282 e. The molecule has 0 spiro atoms. The second-order valence-corrected chi connectivity index (χ2v) is 7.34. The molecule has 1 aromatic rings. The molecule has 0 aliphatic carbocycles. The normalized spacial score (nSPS) is 15.5. The summed E-state index contributed by atoms with van der Waals surface area (Å²) in [5, 5.41) is 0. The van der Waals surface area contributed by atoms with Crippen LogP contribution in [0.25, 0.3) is 0 Å². The van der Waals surface area contributed by atoms with Crippen LogP contribution >= 0.6 is 0 Å². The van der Waals surface area contributed by atoms with Crippen LogP contribution in [0.4, 0.5) is 0 Å². The van der Waals surface area contributed by atoms with Crippen LogP contribution in [0.2, 0.25) is 0 Å². The summed E-state index contributed by atoms with van der Waals surface area (Å²) in [6, 6.07) is 6.51. The van der Waals surface area contributed by atoms with Crippen molar-refractivity contribution < 1.29 is 13.0 Å². The quantitative estimate of drug-likeness (QED) is 0.800. The van der Waals surface area contributed by atoms with E-state index in [1.54, 1.807) is 12.1 Å². The van der Waals surface area contributed by atoms with Gasteiger partial charge in [-0.05, 0) is 48.3 Å². The van der Waals surface area contributed by atoms with Crippen LogP contribution in [-0.4, -0.2) is 13.0 Å². The third kappa shape index (κ3) is 5.33. The summed E-state index contributed by atoms with van der Waals surface area (Å²) in [5.74, 6) is 1.74. The van der Waals surface area contributed by atoms with Gasteiger partial charge in [0.2, 0.25) is 0 Å². The summed E-state index contributed by atoms with van der Waals surface area (Å²) < 4.78 is 30.9. The van der Waals surface area contributed by atoms with E-state index in [1.165, 1.54) is 18.6 Å². The third-order valence-corrected chi connectivity index (χ3v) is 4.24. The molecule has 1 N–H and O–H groups in total. The van der Waals surface area contributed by atoms with Crippen molar-refractivity contribution in [1.82, 2.24) is 0 Å². The van der Waals surface area contributed by atoms with Crippen molar-refractivity contribution in [1.29, 1.82) is 0 Å². The molecule has 0 heterocycles. The summed E-state index contributed by atoms with van der Waals surface area (Å²) in [6.45, 7) is 8.85. The summed E-state index contributed by atoms with van der Waals surface area (Å²) in [5.41, 5.74) is 1.11. The monoisotopic (exact) mass is 284 g/mol. The standard InChI is InChI=1S/C15H24O3S/c1-11(2)9-12(3)10-13(4)14-5-7-15(8-6-14)19(16,17)18/h5-8,11-13H,9-10H2,1-4H3,(H,16,17,18). The molecule has 108 valence electrons. The summed E-state index contributed by atoms with van der Waals surface area (Å²) in [6.07, 6.45) is 2.29. The van der Waals surface area contributed by atoms with Crippen LogP contribution in [0.5, 0.6) is 0 Å². The van der Waals surface area contributed by atoms with Crippen LogP contribution in [0.1, 0.15) is 52.0 Å². The number of hydrogen-bond donors (Lipinski definition) is 1. The van der Waals surface area contributed by atoms with E-state index in [4.69, 9.17) is 4.55 Å². The van der Waals surface area contributed by atoms with Gasteiger partial charge in [0, 0.05) is 0 Å². The van der Waals surface area contributed by atoms with Gasteiger partial charge in [0.05, 0.1) is 4.90 Å². The Morgan fingerprint density at radius 3 is 1.95 bits per heavy atom. The number of hydrogen-bond acceptors (Lipinski definition) is 2. The zero-order chi connectivity index (χ0) is 14.6. The predicted octanol–water partition coefficient (Wildman–Crippen LogP) is 4.11. The van der Waals surface area contributed by atoms with Crippen molar-refractivity contribution in [3.63, 3.8) is 0 Å². The minimum atomic E-state index is -4.08. The van der Waals surface area contributed by atoms with Gasteiger partial charge in [0.15, 0.2) is 0 Å². The Balaban J connectivity index is 2.70. The van der Waals surface area contributed by atoms with Crippen LogP contribution in [-0.2, 0) is 10.1 Å². The molecular formula is C15H24O3S. The lowest BCUT2D eigenvalue weighted by Crippen LogP contribution is -2.05. The Morgan fingerprint density at radius 1 is 1.00 bits per heavy atom. The van der Waals surface area contributed by atoms with E-state index in [-0.39, 0.29) is 4.90 Å². The average molecular weight is 284 g/mol. The maximum Gasteiger partial charge on any atom is 0.294 e. The molecular weight excluding hydrogens is 260 g/mol. The largest absolute Gasteiger partial charge is 0.294 e. The highest BCUT2D eigenvalue weighted by Crippen LogP contribution is 2.27. The third-order valence-electron chi connectivity index (χ3n) is 3.38. The fourth-order valence-electron chi connectivity index (χ4n) is 2.61. The zero-order valence-corrected chi connectivity index (χ0v) is 12.9. The molecule has 0 aliphatic rings. The lowest BCUT2D eigenvalue weighted by atomic mass is 9.87. The Kier molecular flexibility index (Phi) is 5.56. The molecule has 1 aromatic carbocycles. The fraction of sp³-hybridized carbons (Fsp3) is 0.600. The molecule has 2 atom stereocenters. The molecule has 3 nitrogen and oxygen atoms in total. The molecule has 0 radical (unpaired) electrons. The average Bonchev–Trinajstić information content (AvgIpc) is 2.26. The molecule has 2 unspecified atom stereocenters. The predicted molar refractivity (Wildman–Crippen MR) is 77.9 cm³/mol. The summed E-state index contributed by atoms with van der Waals surface area (Å²) in [4.78, 5) is -0.0429. The van der Waals surface area contributed by atoms with Gasteiger partial charge in [-0.15, -0.1) is 0 Å². The molecule has 0 aromatic heterocycles. The van der Waals surface area contributed by atoms with Crippen molar-refractivity contribution in [3.05, 3.63) is 29.8 Å². The lowest BCUT2D eigenvalue weighted by molar-refractivity contribution is 0.392. The summed E-state index contributed by atoms with van der Waals surface area (Å²) in [7, 11) is -4.08. The molecule has 1 rings (SSSR count). The van der Waals surface area contributed by atoms with Crippen molar-refractivity contribution in [3.8, 4) is 0 Å². The van der Waals surface area contributed by atoms with E-state index >= 15 is 0 Å². The first-order chi connectivity index (χ1) is 8.70. The van der Waals surface area contributed by atoms with Gasteiger partial charge in [0.25, 0.3) is 10.1 Å². The maximum atomic E-state index is 11.0. The van der Waals surface area contributed by atoms with Crippen molar-refractivity contribution >= 4 is 10.1 Å². The van der Waals surface area contributed by atoms with E-state index in [2.05, 4.69) is 27.7 Å². The highest BCUT2D eigenvalue weighted by molar-refractivity contribution is 7.85. The molecule has 0 aliphatic heterocycles. The van der Waals surface area contributed by atoms with E-state index < -0.39 is 10.1 Å². The van der Waals surface area contributed by atoms with Crippen molar-refractivity contribution in [2.75, 3.05) is 0 Å². The lowest BCUT2D eigenvalue weighted by Gasteiger charge is -2.19. The van der Waals surface area contributed by atoms with Gasteiger partial charge < -0.3 is 0 Å². The highest BCUT2D eigenvalue weighted by atomic mass is 32.2. The molecule has 0 fully saturated rings. The van der Waals surface area contributed by atoms with Gasteiger partial charge in [-0.3, -0.25) is 4.55 Å². The first-order valence-corrected chi connectivity index (χ1v) is 8.21. The second-order valence-electron chi connectivity index (χ2n) is 5.92. The topological polar surface area (TPSA) is 54.4 Å². The van der Waals surface area contributed by atoms with Gasteiger partial charge in [-0.1, -0.05) is 39.8 Å². The van der Waals surface area contributed by atoms with Gasteiger partial charge >= 0.3 is 0 Å². The van der Waals surface area contributed by atoms with Gasteiger partial charge in [0.1, 0.15) is 0 Å². The van der Waals surface area contributed by atoms with Crippen LogP contribution in [0, 0.1) is 11.8 Å².